The molecule has 0 aliphatic carbocycles. The maximum atomic E-state index is 13.8. The second kappa shape index (κ2) is 16.0. The van der Waals surface area contributed by atoms with Crippen LogP contribution in [0.15, 0.2) is 109 Å². The van der Waals surface area contributed by atoms with E-state index in [-0.39, 0.29) is 13.0 Å². The van der Waals surface area contributed by atoms with Gasteiger partial charge >= 0.3 is 0 Å². The van der Waals surface area contributed by atoms with Gasteiger partial charge in [-0.2, -0.15) is 0 Å². The van der Waals surface area contributed by atoms with Gasteiger partial charge in [0.2, 0.25) is 11.8 Å². The van der Waals surface area contributed by atoms with Crippen molar-refractivity contribution in [2.24, 2.45) is 5.73 Å². The van der Waals surface area contributed by atoms with Gasteiger partial charge in [0.25, 0.3) is 5.91 Å². The number of ether oxygens (including phenoxy) is 1. The number of carbonyl (C=O) groups excluding carboxylic acids is 3. The highest BCUT2D eigenvalue weighted by atomic mass is 16.5. The van der Waals surface area contributed by atoms with Crippen LogP contribution in [-0.2, 0) is 29.1 Å². The number of carbonyl (C=O) groups is 3. The normalized spacial score (nSPS) is 12.8. The van der Waals surface area contributed by atoms with Gasteiger partial charge in [0.1, 0.15) is 23.9 Å². The molecule has 4 aromatic rings. The van der Waals surface area contributed by atoms with Gasteiger partial charge in [-0.05, 0) is 53.4 Å². The summed E-state index contributed by atoms with van der Waals surface area (Å²) < 4.78 is 5.52. The first-order chi connectivity index (χ1) is 21.4. The van der Waals surface area contributed by atoms with E-state index in [9.17, 15) is 19.5 Å². The fourth-order valence-corrected chi connectivity index (χ4v) is 4.64. The summed E-state index contributed by atoms with van der Waals surface area (Å²) in [7, 11) is 0. The van der Waals surface area contributed by atoms with Crippen LogP contribution in [0.25, 0.3) is 0 Å². The van der Waals surface area contributed by atoms with Crippen LogP contribution < -0.4 is 26.4 Å². The Kier molecular flexibility index (Phi) is 11.6. The average molecular weight is 595 g/mol. The zero-order chi connectivity index (χ0) is 31.3. The predicted molar refractivity (Wildman–Crippen MR) is 169 cm³/mol. The fourth-order valence-electron chi connectivity index (χ4n) is 4.64. The first-order valence-corrected chi connectivity index (χ1v) is 14.5. The Balaban J connectivity index is 1.56. The summed E-state index contributed by atoms with van der Waals surface area (Å²) in [5.41, 5.74) is 9.08. The van der Waals surface area contributed by atoms with Gasteiger partial charge < -0.3 is 31.5 Å². The van der Waals surface area contributed by atoms with E-state index in [0.29, 0.717) is 30.0 Å². The predicted octanol–water partition coefficient (Wildman–Crippen LogP) is 3.42. The summed E-state index contributed by atoms with van der Waals surface area (Å²) in [6, 6.07) is 29.5. The number of aliphatic hydroxyl groups excluding tert-OH is 1. The number of nitrogens with two attached hydrogens (primary N) is 1. The number of hydrogen-bond donors (Lipinski definition) is 5. The highest BCUT2D eigenvalue weighted by Crippen LogP contribution is 2.19. The third-order valence-electron chi connectivity index (χ3n) is 7.09. The number of benzene rings is 4. The van der Waals surface area contributed by atoms with Gasteiger partial charge in [-0.3, -0.25) is 14.4 Å². The molecule has 0 saturated carbocycles. The summed E-state index contributed by atoms with van der Waals surface area (Å²) in [6.45, 7) is 2.99. The lowest BCUT2D eigenvalue weighted by atomic mass is 9.99. The highest BCUT2D eigenvalue weighted by Gasteiger charge is 2.33. The summed E-state index contributed by atoms with van der Waals surface area (Å²) in [6.07, 6.45) is -1.21. The highest BCUT2D eigenvalue weighted by molar-refractivity contribution is 5.98. The Morgan fingerprint density at radius 2 is 1.34 bits per heavy atom. The van der Waals surface area contributed by atoms with Crippen molar-refractivity contribution >= 4 is 17.7 Å². The molecule has 6 N–H and O–H groups in total. The van der Waals surface area contributed by atoms with E-state index in [2.05, 4.69) is 16.0 Å². The molecule has 3 amide bonds. The van der Waals surface area contributed by atoms with Crippen LogP contribution in [-0.4, -0.2) is 41.5 Å². The molecule has 0 saturated heterocycles. The molecule has 0 heterocycles. The van der Waals surface area contributed by atoms with Gasteiger partial charge in [-0.1, -0.05) is 84.9 Å². The van der Waals surface area contributed by atoms with Crippen molar-refractivity contribution < 1.29 is 24.2 Å². The van der Waals surface area contributed by atoms with Gasteiger partial charge in [-0.25, -0.2) is 0 Å². The topological polar surface area (TPSA) is 143 Å². The maximum Gasteiger partial charge on any atom is 0.251 e. The fraction of sp³-hybridized carbons (Fsp3) is 0.229. The molecule has 44 heavy (non-hydrogen) atoms. The van der Waals surface area contributed by atoms with Crippen LogP contribution in [0.1, 0.15) is 45.6 Å². The Labute approximate surface area is 257 Å². The molecule has 4 aromatic carbocycles. The van der Waals surface area contributed by atoms with E-state index >= 15 is 0 Å². The Morgan fingerprint density at radius 1 is 0.750 bits per heavy atom. The van der Waals surface area contributed by atoms with Crippen LogP contribution >= 0.6 is 0 Å². The zero-order valence-corrected chi connectivity index (χ0v) is 24.6. The maximum absolute atomic E-state index is 13.8. The molecule has 4 rings (SSSR count). The molecule has 2 unspecified atom stereocenters. The van der Waals surface area contributed by atoms with E-state index in [1.807, 2.05) is 43.3 Å². The third kappa shape index (κ3) is 9.00. The van der Waals surface area contributed by atoms with Gasteiger partial charge in [-0.15, -0.1) is 0 Å². The SMILES string of the molecule is CCOc1ccc(C[C@@H](NC(=O)c2ccccc2)C(=O)NC(C(=O)NCc2ccc(CN)cc2)C(O)c2ccccc2)cc1. The number of nitrogens with one attached hydrogen (secondary N) is 3. The number of aliphatic hydroxyl groups is 1. The van der Waals surface area contributed by atoms with Crippen LogP contribution in [0.4, 0.5) is 0 Å². The summed E-state index contributed by atoms with van der Waals surface area (Å²) in [5.74, 6) is -0.953. The molecule has 0 bridgehead atoms. The molecule has 0 spiro atoms. The Hall–Kier alpha value is -4.99. The van der Waals surface area contributed by atoms with E-state index < -0.39 is 35.9 Å². The smallest absolute Gasteiger partial charge is 0.251 e. The van der Waals surface area contributed by atoms with Crippen LogP contribution in [0.5, 0.6) is 5.75 Å². The first-order valence-electron chi connectivity index (χ1n) is 14.5. The average Bonchev–Trinajstić information content (AvgIpc) is 3.07. The van der Waals surface area contributed by atoms with Crippen LogP contribution in [0, 0.1) is 0 Å². The molecule has 9 nitrogen and oxygen atoms in total. The Bertz CT molecular complexity index is 1500. The minimum absolute atomic E-state index is 0.139. The van der Waals surface area contributed by atoms with Crippen molar-refractivity contribution in [1.82, 2.24) is 16.0 Å². The zero-order valence-electron chi connectivity index (χ0n) is 24.6. The van der Waals surface area contributed by atoms with Gasteiger partial charge in [0, 0.05) is 25.1 Å². The number of hydrogen-bond acceptors (Lipinski definition) is 6. The molecule has 0 fully saturated rings. The first kappa shape index (κ1) is 31.9. The van der Waals surface area contributed by atoms with Crippen molar-refractivity contribution in [3.05, 3.63) is 137 Å². The van der Waals surface area contributed by atoms with E-state index in [1.165, 1.54) is 0 Å². The second-order valence-electron chi connectivity index (χ2n) is 10.3. The molecule has 0 aromatic heterocycles. The molecule has 0 aliphatic rings. The molecule has 9 heteroatoms. The summed E-state index contributed by atoms with van der Waals surface area (Å²) in [5, 5.41) is 19.6. The standard InChI is InChI=1S/C35H38N4O5/c1-2-44-29-19-17-24(18-20-29)21-30(38-33(41)28-11-7-4-8-12-28)34(42)39-31(32(40)27-9-5-3-6-10-27)35(43)37-23-26-15-13-25(22-36)14-16-26/h3-20,30-32,40H,2,21-23,36H2,1H3,(H,37,43)(H,38,41)(H,39,42)/t30-,31?,32?/m1/s1. The summed E-state index contributed by atoms with van der Waals surface area (Å²) >= 11 is 0. The van der Waals surface area contributed by atoms with Crippen molar-refractivity contribution in [2.75, 3.05) is 6.61 Å². The molecule has 0 aliphatic heterocycles. The lowest BCUT2D eigenvalue weighted by Gasteiger charge is -2.27. The largest absolute Gasteiger partial charge is 0.494 e. The third-order valence-corrected chi connectivity index (χ3v) is 7.09. The van der Waals surface area contributed by atoms with Gasteiger partial charge in [0.05, 0.1) is 6.61 Å². The lowest BCUT2D eigenvalue weighted by molar-refractivity contribution is -0.132. The van der Waals surface area contributed by atoms with Crippen LogP contribution in [0.3, 0.4) is 0 Å². The number of rotatable bonds is 14. The minimum Gasteiger partial charge on any atom is -0.494 e. The molecular weight excluding hydrogens is 556 g/mol. The molecule has 228 valence electrons. The lowest BCUT2D eigenvalue weighted by Crippen LogP contribution is -2.56. The summed E-state index contributed by atoms with van der Waals surface area (Å²) in [4.78, 5) is 40.5. The molecule has 0 radical (unpaired) electrons. The van der Waals surface area contributed by atoms with E-state index in [0.717, 1.165) is 16.7 Å². The van der Waals surface area contributed by atoms with Crippen molar-refractivity contribution in [2.45, 2.75) is 44.6 Å². The monoisotopic (exact) mass is 594 g/mol. The Morgan fingerprint density at radius 3 is 1.95 bits per heavy atom. The van der Waals surface area contributed by atoms with Crippen molar-refractivity contribution in [1.29, 1.82) is 0 Å². The van der Waals surface area contributed by atoms with E-state index in [4.69, 9.17) is 10.5 Å². The molecule has 3 atom stereocenters. The quantitative estimate of drug-likeness (QED) is 0.151. The second-order valence-corrected chi connectivity index (χ2v) is 10.3. The number of amides is 3. The van der Waals surface area contributed by atoms with Crippen molar-refractivity contribution in [3.8, 4) is 5.75 Å². The molecular formula is C35H38N4O5. The van der Waals surface area contributed by atoms with Crippen molar-refractivity contribution in [3.63, 3.8) is 0 Å². The minimum atomic E-state index is -1.35. The van der Waals surface area contributed by atoms with Gasteiger partial charge in [0.15, 0.2) is 0 Å². The van der Waals surface area contributed by atoms with E-state index in [1.54, 1.807) is 72.8 Å². The van der Waals surface area contributed by atoms with Crippen LogP contribution in [0.2, 0.25) is 0 Å².